The molecule has 2 aromatic carbocycles. The molecule has 1 aliphatic rings. The molecule has 2 N–H and O–H groups in total. The molecular weight excluding hydrogens is 361 g/mol. The van der Waals surface area contributed by atoms with Crippen molar-refractivity contribution in [3.8, 4) is 11.5 Å². The molecule has 7 heteroatoms. The number of amides is 1. The molecule has 0 fully saturated rings. The van der Waals surface area contributed by atoms with Gasteiger partial charge in [-0.25, -0.2) is 9.37 Å². The minimum absolute atomic E-state index is 0.227. The van der Waals surface area contributed by atoms with Crippen molar-refractivity contribution < 1.29 is 18.7 Å². The van der Waals surface area contributed by atoms with Crippen molar-refractivity contribution in [1.29, 1.82) is 0 Å². The van der Waals surface area contributed by atoms with Gasteiger partial charge in [-0.05, 0) is 48.4 Å². The Morgan fingerprint density at radius 3 is 2.57 bits per heavy atom. The topological polar surface area (TPSA) is 72.5 Å². The fourth-order valence-electron chi connectivity index (χ4n) is 2.81. The van der Waals surface area contributed by atoms with E-state index in [2.05, 4.69) is 15.6 Å². The number of fused-ring (bicyclic) bond motifs is 1. The van der Waals surface area contributed by atoms with Crippen molar-refractivity contribution in [2.75, 3.05) is 18.7 Å². The SMILES string of the molecule is O=C(NCCc1ccc(F)cc1)c1ccc(Nc2ccc3c(c2)OCO3)cn1. The maximum absolute atomic E-state index is 12.9. The van der Waals surface area contributed by atoms with Crippen molar-refractivity contribution >= 4 is 17.3 Å². The summed E-state index contributed by atoms with van der Waals surface area (Å²) in [5.41, 5.74) is 2.87. The Bertz CT molecular complexity index is 975. The molecular formula is C21H18FN3O3. The minimum atomic E-state index is -0.272. The third-order valence-electron chi connectivity index (χ3n) is 4.27. The quantitative estimate of drug-likeness (QED) is 0.684. The van der Waals surface area contributed by atoms with Crippen molar-refractivity contribution in [3.05, 3.63) is 77.9 Å². The van der Waals surface area contributed by atoms with Gasteiger partial charge in [0.25, 0.3) is 5.91 Å². The number of aromatic nitrogens is 1. The summed E-state index contributed by atoms with van der Waals surface area (Å²) in [6, 6.07) is 15.2. The summed E-state index contributed by atoms with van der Waals surface area (Å²) in [5, 5.41) is 6.02. The number of benzene rings is 2. The summed E-state index contributed by atoms with van der Waals surface area (Å²) < 4.78 is 23.5. The maximum Gasteiger partial charge on any atom is 0.269 e. The van der Waals surface area contributed by atoms with Gasteiger partial charge < -0.3 is 20.1 Å². The van der Waals surface area contributed by atoms with Crippen LogP contribution in [0.25, 0.3) is 0 Å². The number of halogens is 1. The van der Waals surface area contributed by atoms with Gasteiger partial charge in [0.05, 0.1) is 11.9 Å². The normalized spacial score (nSPS) is 11.9. The molecule has 0 atom stereocenters. The van der Waals surface area contributed by atoms with Gasteiger partial charge in [-0.3, -0.25) is 4.79 Å². The van der Waals surface area contributed by atoms with Gasteiger partial charge in [0.1, 0.15) is 11.5 Å². The van der Waals surface area contributed by atoms with E-state index in [-0.39, 0.29) is 18.5 Å². The summed E-state index contributed by atoms with van der Waals surface area (Å²) in [7, 11) is 0. The molecule has 4 rings (SSSR count). The van der Waals surface area contributed by atoms with Crippen LogP contribution < -0.4 is 20.1 Å². The second-order valence-corrected chi connectivity index (χ2v) is 6.26. The summed E-state index contributed by atoms with van der Waals surface area (Å²) in [6.07, 6.45) is 2.22. The van der Waals surface area contributed by atoms with Crippen molar-refractivity contribution in [2.45, 2.75) is 6.42 Å². The lowest BCUT2D eigenvalue weighted by Crippen LogP contribution is -2.26. The van der Waals surface area contributed by atoms with E-state index >= 15 is 0 Å². The molecule has 0 spiro atoms. The van der Waals surface area contributed by atoms with Gasteiger partial charge in [-0.15, -0.1) is 0 Å². The second-order valence-electron chi connectivity index (χ2n) is 6.26. The largest absolute Gasteiger partial charge is 0.454 e. The molecule has 2 heterocycles. The molecule has 1 aromatic heterocycles. The average Bonchev–Trinajstić information content (AvgIpc) is 3.18. The molecule has 142 valence electrons. The van der Waals surface area contributed by atoms with Gasteiger partial charge >= 0.3 is 0 Å². The number of anilines is 2. The Hall–Kier alpha value is -3.61. The molecule has 3 aromatic rings. The predicted octanol–water partition coefficient (Wildman–Crippen LogP) is 3.67. The number of carbonyl (C=O) groups excluding carboxylic acids is 1. The number of ether oxygens (including phenoxy) is 2. The van der Waals surface area contributed by atoms with Crippen LogP contribution in [0.4, 0.5) is 15.8 Å². The highest BCUT2D eigenvalue weighted by Crippen LogP contribution is 2.35. The van der Waals surface area contributed by atoms with Crippen molar-refractivity contribution in [2.24, 2.45) is 0 Å². The monoisotopic (exact) mass is 379 g/mol. The number of pyridine rings is 1. The molecule has 0 saturated carbocycles. The van der Waals surface area contributed by atoms with Gasteiger partial charge in [-0.1, -0.05) is 12.1 Å². The van der Waals surface area contributed by atoms with Gasteiger partial charge in [0, 0.05) is 18.3 Å². The summed E-state index contributed by atoms with van der Waals surface area (Å²) in [4.78, 5) is 16.4. The molecule has 0 bridgehead atoms. The zero-order chi connectivity index (χ0) is 19.3. The van der Waals surface area contributed by atoms with E-state index in [1.165, 1.54) is 12.1 Å². The number of carbonyl (C=O) groups is 1. The van der Waals surface area contributed by atoms with Gasteiger partial charge in [-0.2, -0.15) is 0 Å². The van der Waals surface area contributed by atoms with Gasteiger partial charge in [0.15, 0.2) is 11.5 Å². The van der Waals surface area contributed by atoms with Crippen LogP contribution >= 0.6 is 0 Å². The van der Waals surface area contributed by atoms with E-state index in [0.717, 1.165) is 22.7 Å². The van der Waals surface area contributed by atoms with Crippen molar-refractivity contribution in [3.63, 3.8) is 0 Å². The minimum Gasteiger partial charge on any atom is -0.454 e. The first-order valence-electron chi connectivity index (χ1n) is 8.83. The smallest absolute Gasteiger partial charge is 0.269 e. The lowest BCUT2D eigenvalue weighted by Gasteiger charge is -2.08. The van der Waals surface area contributed by atoms with Crippen LogP contribution in [-0.4, -0.2) is 24.2 Å². The Morgan fingerprint density at radius 1 is 1.00 bits per heavy atom. The number of hydrogen-bond acceptors (Lipinski definition) is 5. The van der Waals surface area contributed by atoms with Crippen LogP contribution in [0, 0.1) is 5.82 Å². The summed E-state index contributed by atoms with van der Waals surface area (Å²) in [6.45, 7) is 0.675. The Balaban J connectivity index is 1.31. The van der Waals surface area contributed by atoms with E-state index in [1.54, 1.807) is 30.5 Å². The number of hydrogen-bond donors (Lipinski definition) is 2. The fourth-order valence-corrected chi connectivity index (χ4v) is 2.81. The van der Waals surface area contributed by atoms with E-state index < -0.39 is 0 Å². The lowest BCUT2D eigenvalue weighted by atomic mass is 10.1. The average molecular weight is 379 g/mol. The van der Waals surface area contributed by atoms with Crippen molar-refractivity contribution in [1.82, 2.24) is 10.3 Å². The van der Waals surface area contributed by atoms with Crippen LogP contribution in [-0.2, 0) is 6.42 Å². The van der Waals surface area contributed by atoms with Crippen LogP contribution in [0.5, 0.6) is 11.5 Å². The Labute approximate surface area is 161 Å². The zero-order valence-corrected chi connectivity index (χ0v) is 14.9. The third kappa shape index (κ3) is 4.20. The third-order valence-corrected chi connectivity index (χ3v) is 4.27. The highest BCUT2D eigenvalue weighted by Gasteiger charge is 2.13. The molecule has 0 aliphatic carbocycles. The van der Waals surface area contributed by atoms with E-state index in [4.69, 9.17) is 9.47 Å². The number of nitrogens with zero attached hydrogens (tertiary/aromatic N) is 1. The first kappa shape index (κ1) is 17.8. The van der Waals surface area contributed by atoms with Crippen LogP contribution in [0.15, 0.2) is 60.8 Å². The summed E-state index contributed by atoms with van der Waals surface area (Å²) in [5.74, 6) is 0.884. The Morgan fingerprint density at radius 2 is 1.79 bits per heavy atom. The molecule has 0 radical (unpaired) electrons. The highest BCUT2D eigenvalue weighted by atomic mass is 19.1. The molecule has 6 nitrogen and oxygen atoms in total. The number of rotatable bonds is 6. The van der Waals surface area contributed by atoms with Gasteiger partial charge in [0.2, 0.25) is 6.79 Å². The van der Waals surface area contributed by atoms with E-state index in [1.807, 2.05) is 18.2 Å². The van der Waals surface area contributed by atoms with E-state index in [9.17, 15) is 9.18 Å². The standard InChI is InChI=1S/C21H18FN3O3/c22-15-3-1-14(2-4-15)9-10-23-21(26)18-7-5-17(12-24-18)25-16-6-8-19-20(11-16)28-13-27-19/h1-8,11-12,25H,9-10,13H2,(H,23,26). The molecule has 1 amide bonds. The maximum atomic E-state index is 12.9. The molecule has 0 saturated heterocycles. The Kier molecular flexibility index (Phi) is 5.05. The number of nitrogens with one attached hydrogen (secondary N) is 2. The first-order chi connectivity index (χ1) is 13.7. The fraction of sp³-hybridized carbons (Fsp3) is 0.143. The molecule has 1 aliphatic heterocycles. The summed E-state index contributed by atoms with van der Waals surface area (Å²) >= 11 is 0. The highest BCUT2D eigenvalue weighted by molar-refractivity contribution is 5.92. The predicted molar refractivity (Wildman–Crippen MR) is 103 cm³/mol. The van der Waals surface area contributed by atoms with E-state index in [0.29, 0.717) is 24.4 Å². The first-order valence-corrected chi connectivity index (χ1v) is 8.83. The second kappa shape index (κ2) is 7.96. The zero-order valence-electron chi connectivity index (χ0n) is 14.9. The van der Waals surface area contributed by atoms with Crippen LogP contribution in [0.2, 0.25) is 0 Å². The lowest BCUT2D eigenvalue weighted by molar-refractivity contribution is 0.0949. The molecule has 28 heavy (non-hydrogen) atoms. The van der Waals surface area contributed by atoms with Crippen LogP contribution in [0.1, 0.15) is 16.1 Å². The molecule has 0 unspecified atom stereocenters. The van der Waals surface area contributed by atoms with Crippen LogP contribution in [0.3, 0.4) is 0 Å².